The second-order valence-electron chi connectivity index (χ2n) is 5.75. The third kappa shape index (κ3) is 4.34. The summed E-state index contributed by atoms with van der Waals surface area (Å²) in [5, 5.41) is 12.9. The monoisotopic (exact) mass is 344 g/mol. The fourth-order valence-electron chi connectivity index (χ4n) is 2.62. The quantitative estimate of drug-likeness (QED) is 0.659. The minimum Gasteiger partial charge on any atom is -0.497 e. The maximum atomic E-state index is 9.66. The fraction of sp³-hybridized carbons (Fsp3) is 0.136. The molecule has 4 nitrogen and oxygen atoms in total. The van der Waals surface area contributed by atoms with Crippen molar-refractivity contribution in [2.45, 2.75) is 12.6 Å². The Bertz CT molecular complexity index is 871. The van der Waals surface area contributed by atoms with Gasteiger partial charge in [-0.2, -0.15) is 5.26 Å². The van der Waals surface area contributed by atoms with Gasteiger partial charge in [0.1, 0.15) is 24.1 Å². The van der Waals surface area contributed by atoms with Crippen LogP contribution in [0.3, 0.4) is 0 Å². The summed E-state index contributed by atoms with van der Waals surface area (Å²) in [6, 6.07) is 26.8. The summed E-state index contributed by atoms with van der Waals surface area (Å²) in [5.41, 5.74) is 2.73. The van der Waals surface area contributed by atoms with E-state index in [1.807, 2.05) is 78.9 Å². The average molecular weight is 344 g/mol. The molecule has 0 aliphatic heterocycles. The van der Waals surface area contributed by atoms with Gasteiger partial charge in [-0.1, -0.05) is 48.5 Å². The van der Waals surface area contributed by atoms with Gasteiger partial charge in [0, 0.05) is 11.3 Å². The Kier molecular flexibility index (Phi) is 5.74. The molecule has 0 heterocycles. The van der Waals surface area contributed by atoms with E-state index < -0.39 is 6.04 Å². The highest BCUT2D eigenvalue weighted by atomic mass is 16.5. The lowest BCUT2D eigenvalue weighted by Crippen LogP contribution is -2.10. The molecule has 0 saturated carbocycles. The van der Waals surface area contributed by atoms with Crippen molar-refractivity contribution in [1.29, 1.82) is 5.26 Å². The molecule has 0 saturated heterocycles. The summed E-state index contributed by atoms with van der Waals surface area (Å²) in [6.07, 6.45) is 0. The number of benzene rings is 3. The molecular weight excluding hydrogens is 324 g/mol. The van der Waals surface area contributed by atoms with Gasteiger partial charge in [0.15, 0.2) is 0 Å². The molecule has 0 radical (unpaired) electrons. The van der Waals surface area contributed by atoms with E-state index in [9.17, 15) is 5.26 Å². The molecule has 3 rings (SSSR count). The molecule has 0 unspecified atom stereocenters. The summed E-state index contributed by atoms with van der Waals surface area (Å²) in [7, 11) is 1.63. The van der Waals surface area contributed by atoms with Crippen molar-refractivity contribution in [3.8, 4) is 17.6 Å². The highest BCUT2D eigenvalue weighted by Gasteiger charge is 2.15. The number of ether oxygens (including phenoxy) is 2. The van der Waals surface area contributed by atoms with Crippen LogP contribution in [-0.2, 0) is 6.61 Å². The number of methoxy groups -OCH3 is 1. The van der Waals surface area contributed by atoms with Gasteiger partial charge in [0.25, 0.3) is 0 Å². The summed E-state index contributed by atoms with van der Waals surface area (Å²) in [4.78, 5) is 0. The number of anilines is 1. The Balaban J connectivity index is 1.76. The topological polar surface area (TPSA) is 54.3 Å². The van der Waals surface area contributed by atoms with Crippen LogP contribution in [0, 0.1) is 11.3 Å². The third-order valence-corrected chi connectivity index (χ3v) is 4.00. The van der Waals surface area contributed by atoms with Crippen LogP contribution in [-0.4, -0.2) is 7.11 Å². The molecule has 0 spiro atoms. The van der Waals surface area contributed by atoms with Gasteiger partial charge in [-0.3, -0.25) is 0 Å². The first-order chi connectivity index (χ1) is 12.8. The molecule has 0 bridgehead atoms. The van der Waals surface area contributed by atoms with E-state index in [0.717, 1.165) is 22.6 Å². The zero-order valence-electron chi connectivity index (χ0n) is 14.6. The fourth-order valence-corrected chi connectivity index (χ4v) is 2.62. The van der Waals surface area contributed by atoms with Crippen LogP contribution in [0.15, 0.2) is 78.9 Å². The number of nitrogens with zero attached hydrogens (tertiary/aromatic N) is 1. The van der Waals surface area contributed by atoms with E-state index in [-0.39, 0.29) is 0 Å². The molecule has 0 aliphatic rings. The Morgan fingerprint density at radius 1 is 0.923 bits per heavy atom. The molecule has 3 aromatic rings. The van der Waals surface area contributed by atoms with Crippen LogP contribution >= 0.6 is 0 Å². The molecule has 1 atom stereocenters. The van der Waals surface area contributed by atoms with Crippen LogP contribution in [0.5, 0.6) is 11.5 Å². The van der Waals surface area contributed by atoms with Crippen molar-refractivity contribution in [2.75, 3.05) is 12.4 Å². The number of para-hydroxylation sites is 1. The zero-order chi connectivity index (χ0) is 18.2. The summed E-state index contributed by atoms with van der Waals surface area (Å²) in [6.45, 7) is 0.457. The standard InChI is InChI=1S/C22H20N2O2/c1-25-19-13-11-18(12-14-19)24-21(15-23)20-9-5-6-10-22(20)26-16-17-7-3-2-4-8-17/h2-14,21,24H,16H2,1H3/t21-/m1/s1. The van der Waals surface area contributed by atoms with Crippen molar-refractivity contribution in [3.05, 3.63) is 90.0 Å². The predicted octanol–water partition coefficient (Wildman–Crippen LogP) is 4.95. The maximum Gasteiger partial charge on any atom is 0.143 e. The molecule has 1 N–H and O–H groups in total. The van der Waals surface area contributed by atoms with E-state index in [0.29, 0.717) is 12.4 Å². The Hall–Kier alpha value is -3.45. The van der Waals surface area contributed by atoms with Crippen LogP contribution < -0.4 is 14.8 Å². The Morgan fingerprint density at radius 2 is 1.62 bits per heavy atom. The molecule has 4 heteroatoms. The predicted molar refractivity (Wildman–Crippen MR) is 102 cm³/mol. The third-order valence-electron chi connectivity index (χ3n) is 4.00. The molecule has 3 aromatic carbocycles. The second kappa shape index (κ2) is 8.59. The van der Waals surface area contributed by atoms with Gasteiger partial charge in [0.05, 0.1) is 13.2 Å². The number of rotatable bonds is 7. The number of nitriles is 1. The lowest BCUT2D eigenvalue weighted by molar-refractivity contribution is 0.302. The Morgan fingerprint density at radius 3 is 2.31 bits per heavy atom. The first-order valence-electron chi connectivity index (χ1n) is 8.36. The van der Waals surface area contributed by atoms with Crippen LogP contribution in [0.4, 0.5) is 5.69 Å². The highest BCUT2D eigenvalue weighted by molar-refractivity contribution is 5.52. The van der Waals surface area contributed by atoms with E-state index in [1.54, 1.807) is 7.11 Å². The molecule has 130 valence electrons. The first kappa shape index (κ1) is 17.4. The SMILES string of the molecule is COc1ccc(N[C@H](C#N)c2ccccc2OCc2ccccc2)cc1. The molecule has 0 aliphatic carbocycles. The maximum absolute atomic E-state index is 9.66. The normalized spacial score (nSPS) is 11.2. The van der Waals surface area contributed by atoms with Crippen LogP contribution in [0.1, 0.15) is 17.2 Å². The summed E-state index contributed by atoms with van der Waals surface area (Å²) in [5.74, 6) is 1.47. The van der Waals surface area contributed by atoms with Gasteiger partial charge < -0.3 is 14.8 Å². The van der Waals surface area contributed by atoms with E-state index >= 15 is 0 Å². The van der Waals surface area contributed by atoms with Gasteiger partial charge in [0.2, 0.25) is 0 Å². The lowest BCUT2D eigenvalue weighted by Gasteiger charge is -2.17. The van der Waals surface area contributed by atoms with Crippen molar-refractivity contribution >= 4 is 5.69 Å². The number of hydrogen-bond donors (Lipinski definition) is 1. The minimum absolute atomic E-state index is 0.457. The zero-order valence-corrected chi connectivity index (χ0v) is 14.6. The van der Waals surface area contributed by atoms with Crippen molar-refractivity contribution in [2.24, 2.45) is 0 Å². The molecule has 0 amide bonds. The second-order valence-corrected chi connectivity index (χ2v) is 5.75. The molecule has 0 aromatic heterocycles. The van der Waals surface area contributed by atoms with Crippen LogP contribution in [0.2, 0.25) is 0 Å². The van der Waals surface area contributed by atoms with Crippen molar-refractivity contribution in [3.63, 3.8) is 0 Å². The molecule has 0 fully saturated rings. The molecular formula is C22H20N2O2. The van der Waals surface area contributed by atoms with Crippen molar-refractivity contribution in [1.82, 2.24) is 0 Å². The average Bonchev–Trinajstić information content (AvgIpc) is 2.72. The largest absolute Gasteiger partial charge is 0.497 e. The number of nitrogens with one attached hydrogen (secondary N) is 1. The number of hydrogen-bond acceptors (Lipinski definition) is 4. The smallest absolute Gasteiger partial charge is 0.143 e. The van der Waals surface area contributed by atoms with E-state index in [4.69, 9.17) is 9.47 Å². The van der Waals surface area contributed by atoms with Gasteiger partial charge in [-0.25, -0.2) is 0 Å². The van der Waals surface area contributed by atoms with Gasteiger partial charge in [-0.05, 0) is 35.9 Å². The Labute approximate surface area is 153 Å². The minimum atomic E-state index is -0.518. The summed E-state index contributed by atoms with van der Waals surface area (Å²) >= 11 is 0. The summed E-state index contributed by atoms with van der Waals surface area (Å²) < 4.78 is 11.1. The molecule has 26 heavy (non-hydrogen) atoms. The van der Waals surface area contributed by atoms with Crippen molar-refractivity contribution < 1.29 is 9.47 Å². The van der Waals surface area contributed by atoms with E-state index in [2.05, 4.69) is 11.4 Å². The van der Waals surface area contributed by atoms with E-state index in [1.165, 1.54) is 0 Å². The van der Waals surface area contributed by atoms with Gasteiger partial charge in [-0.15, -0.1) is 0 Å². The van der Waals surface area contributed by atoms with Gasteiger partial charge >= 0.3 is 0 Å². The lowest BCUT2D eigenvalue weighted by atomic mass is 10.1. The highest BCUT2D eigenvalue weighted by Crippen LogP contribution is 2.29. The first-order valence-corrected chi connectivity index (χ1v) is 8.36. The van der Waals surface area contributed by atoms with Crippen LogP contribution in [0.25, 0.3) is 0 Å².